The molecule has 1 aromatic heterocycles. The molecular weight excluding hydrogens is 457 g/mol. The van der Waals surface area contributed by atoms with Crippen molar-refractivity contribution in [3.05, 3.63) is 77.1 Å². The Hall–Kier alpha value is -3.55. The number of ether oxygens (including phenoxy) is 1. The van der Waals surface area contributed by atoms with E-state index >= 15 is 0 Å². The van der Waals surface area contributed by atoms with Crippen LogP contribution in [0.3, 0.4) is 0 Å². The number of hydrogen-bond donors (Lipinski definition) is 1. The first kappa shape index (κ1) is 24.6. The summed E-state index contributed by atoms with van der Waals surface area (Å²) in [6.07, 6.45) is -2.75. The Morgan fingerprint density at radius 2 is 1.77 bits per heavy atom. The molecule has 0 spiro atoms. The SMILES string of the molecule is CCC(C)OC(=O)C1=CN(C(=O)c2ccc(C(F)(F)F)cc2)CC(C)(C)c2c1[nH]c1ccccc21. The monoisotopic (exact) mass is 484 g/mol. The fraction of sp³-hybridized carbons (Fsp3) is 0.333. The Bertz CT molecular complexity index is 1300. The number of aromatic nitrogens is 1. The number of esters is 1. The maximum Gasteiger partial charge on any atom is 0.416 e. The van der Waals surface area contributed by atoms with Gasteiger partial charge in [-0.15, -0.1) is 0 Å². The smallest absolute Gasteiger partial charge is 0.416 e. The number of halogens is 3. The Balaban J connectivity index is 1.82. The molecule has 3 aromatic rings. The fourth-order valence-corrected chi connectivity index (χ4v) is 4.40. The molecule has 0 radical (unpaired) electrons. The second kappa shape index (κ2) is 8.91. The normalized spacial score (nSPS) is 16.3. The lowest BCUT2D eigenvalue weighted by Gasteiger charge is -2.29. The highest BCUT2D eigenvalue weighted by atomic mass is 19.4. The standard InChI is InChI=1S/C27H27F3N2O3/c1-5-16(2)35-25(34)20-14-32(24(33)17-10-12-18(13-11-17)27(28,29)30)15-26(3,4)22-19-8-6-7-9-21(19)31-23(20)22/h6-14,16,31H,5,15H2,1-4H3. The number of alkyl halides is 3. The second-order valence-corrected chi connectivity index (χ2v) is 9.48. The molecule has 2 heterocycles. The van der Waals surface area contributed by atoms with Crippen molar-refractivity contribution < 1.29 is 27.5 Å². The largest absolute Gasteiger partial charge is 0.459 e. The first-order valence-electron chi connectivity index (χ1n) is 11.4. The summed E-state index contributed by atoms with van der Waals surface area (Å²) < 4.78 is 44.6. The van der Waals surface area contributed by atoms with Crippen molar-refractivity contribution >= 4 is 28.4 Å². The second-order valence-electron chi connectivity index (χ2n) is 9.48. The van der Waals surface area contributed by atoms with Crippen LogP contribution in [0.25, 0.3) is 16.5 Å². The van der Waals surface area contributed by atoms with E-state index in [0.29, 0.717) is 12.1 Å². The van der Waals surface area contributed by atoms with Crippen molar-refractivity contribution in [1.82, 2.24) is 9.88 Å². The quantitative estimate of drug-likeness (QED) is 0.442. The summed E-state index contributed by atoms with van der Waals surface area (Å²) in [5.41, 5.74) is 1.18. The molecule has 1 atom stereocenters. The Kier molecular flexibility index (Phi) is 6.25. The summed E-state index contributed by atoms with van der Waals surface area (Å²) in [5, 5.41) is 0.929. The van der Waals surface area contributed by atoms with Gasteiger partial charge in [0.1, 0.15) is 0 Å². The van der Waals surface area contributed by atoms with E-state index in [4.69, 9.17) is 4.74 Å². The predicted octanol–water partition coefficient (Wildman–Crippen LogP) is 6.30. The summed E-state index contributed by atoms with van der Waals surface area (Å²) in [7, 11) is 0. The zero-order valence-corrected chi connectivity index (χ0v) is 20.0. The van der Waals surface area contributed by atoms with Gasteiger partial charge in [-0.25, -0.2) is 4.79 Å². The highest BCUT2D eigenvalue weighted by molar-refractivity contribution is 6.18. The van der Waals surface area contributed by atoms with Crippen LogP contribution in [-0.4, -0.2) is 34.4 Å². The minimum atomic E-state index is -4.50. The highest BCUT2D eigenvalue weighted by Gasteiger charge is 2.38. The lowest BCUT2D eigenvalue weighted by atomic mass is 9.81. The van der Waals surface area contributed by atoms with Gasteiger partial charge >= 0.3 is 12.1 Å². The molecule has 4 rings (SSSR count). The third-order valence-corrected chi connectivity index (χ3v) is 6.33. The van der Waals surface area contributed by atoms with E-state index in [0.717, 1.165) is 40.7 Å². The van der Waals surface area contributed by atoms with Gasteiger partial charge in [-0.2, -0.15) is 13.2 Å². The number of fused-ring (bicyclic) bond motifs is 3. The Morgan fingerprint density at radius 3 is 2.40 bits per heavy atom. The van der Waals surface area contributed by atoms with Crippen molar-refractivity contribution in [1.29, 1.82) is 0 Å². The van der Waals surface area contributed by atoms with Crippen molar-refractivity contribution in [3.63, 3.8) is 0 Å². The molecule has 1 amide bonds. The molecule has 1 aliphatic rings. The minimum Gasteiger partial charge on any atom is -0.459 e. The van der Waals surface area contributed by atoms with Gasteiger partial charge in [0.05, 0.1) is 22.9 Å². The number of carbonyl (C=O) groups is 2. The number of nitrogens with zero attached hydrogens (tertiary/aromatic N) is 1. The van der Waals surface area contributed by atoms with Crippen LogP contribution in [0.15, 0.2) is 54.7 Å². The zero-order chi connectivity index (χ0) is 25.5. The molecule has 184 valence electrons. The van der Waals surface area contributed by atoms with Gasteiger partial charge in [-0.3, -0.25) is 4.79 Å². The zero-order valence-electron chi connectivity index (χ0n) is 20.0. The highest BCUT2D eigenvalue weighted by Crippen LogP contribution is 2.40. The van der Waals surface area contributed by atoms with Gasteiger partial charge in [0.25, 0.3) is 5.91 Å². The lowest BCUT2D eigenvalue weighted by Crippen LogP contribution is -2.37. The molecule has 1 unspecified atom stereocenters. The van der Waals surface area contributed by atoms with Crippen molar-refractivity contribution in [2.24, 2.45) is 0 Å². The van der Waals surface area contributed by atoms with Crippen molar-refractivity contribution in [2.75, 3.05) is 6.54 Å². The first-order valence-corrected chi connectivity index (χ1v) is 11.4. The van der Waals surface area contributed by atoms with Crippen LogP contribution in [0.1, 0.15) is 61.3 Å². The summed E-state index contributed by atoms with van der Waals surface area (Å²) in [6.45, 7) is 7.83. The predicted molar refractivity (Wildman–Crippen MR) is 128 cm³/mol. The summed E-state index contributed by atoms with van der Waals surface area (Å²) >= 11 is 0. The average Bonchev–Trinajstić information content (AvgIpc) is 3.15. The third kappa shape index (κ3) is 4.70. The van der Waals surface area contributed by atoms with Gasteiger partial charge in [0, 0.05) is 34.6 Å². The molecule has 5 nitrogen and oxygen atoms in total. The molecule has 35 heavy (non-hydrogen) atoms. The van der Waals surface area contributed by atoms with Crippen LogP contribution >= 0.6 is 0 Å². The van der Waals surface area contributed by atoms with E-state index < -0.39 is 29.0 Å². The number of H-pyrrole nitrogens is 1. The Labute approximate surface area is 201 Å². The molecule has 1 N–H and O–H groups in total. The van der Waals surface area contributed by atoms with Crippen LogP contribution in [-0.2, 0) is 21.1 Å². The van der Waals surface area contributed by atoms with Gasteiger partial charge in [-0.05, 0) is 49.2 Å². The molecule has 8 heteroatoms. The average molecular weight is 485 g/mol. The lowest BCUT2D eigenvalue weighted by molar-refractivity contribution is -0.141. The van der Waals surface area contributed by atoms with E-state index in [9.17, 15) is 22.8 Å². The summed E-state index contributed by atoms with van der Waals surface area (Å²) in [4.78, 5) is 31.4. The number of benzene rings is 2. The van der Waals surface area contributed by atoms with Crippen LogP contribution in [0.4, 0.5) is 13.2 Å². The van der Waals surface area contributed by atoms with Crippen LogP contribution in [0.2, 0.25) is 0 Å². The number of para-hydroxylation sites is 1. The number of nitrogens with one attached hydrogen (secondary N) is 1. The number of rotatable bonds is 4. The molecule has 1 aliphatic heterocycles. The number of hydrogen-bond acceptors (Lipinski definition) is 3. The van der Waals surface area contributed by atoms with Crippen molar-refractivity contribution in [2.45, 2.75) is 51.8 Å². The molecule has 0 fully saturated rings. The fourth-order valence-electron chi connectivity index (χ4n) is 4.40. The molecule has 0 bridgehead atoms. The molecule has 0 saturated heterocycles. The van der Waals surface area contributed by atoms with E-state index in [-0.39, 0.29) is 23.8 Å². The number of amides is 1. The summed E-state index contributed by atoms with van der Waals surface area (Å²) in [6, 6.07) is 11.8. The molecule has 0 aliphatic carbocycles. The van der Waals surface area contributed by atoms with E-state index in [1.165, 1.54) is 11.1 Å². The van der Waals surface area contributed by atoms with Gasteiger partial charge < -0.3 is 14.6 Å². The molecule has 2 aromatic carbocycles. The third-order valence-electron chi connectivity index (χ3n) is 6.33. The minimum absolute atomic E-state index is 0.0927. The van der Waals surface area contributed by atoms with E-state index in [1.807, 2.05) is 45.0 Å². The van der Waals surface area contributed by atoms with E-state index in [1.54, 1.807) is 6.92 Å². The van der Waals surface area contributed by atoms with Gasteiger partial charge in [0.15, 0.2) is 0 Å². The number of aromatic amines is 1. The van der Waals surface area contributed by atoms with E-state index in [2.05, 4.69) is 4.98 Å². The topological polar surface area (TPSA) is 62.4 Å². The number of carbonyl (C=O) groups excluding carboxylic acids is 2. The Morgan fingerprint density at radius 1 is 1.11 bits per heavy atom. The van der Waals surface area contributed by atoms with Gasteiger partial charge in [-0.1, -0.05) is 39.0 Å². The maximum atomic E-state index is 13.4. The van der Waals surface area contributed by atoms with Crippen LogP contribution in [0, 0.1) is 0 Å². The van der Waals surface area contributed by atoms with Crippen LogP contribution in [0.5, 0.6) is 0 Å². The molecular formula is C27H27F3N2O3. The molecule has 0 saturated carbocycles. The van der Waals surface area contributed by atoms with Crippen molar-refractivity contribution in [3.8, 4) is 0 Å². The van der Waals surface area contributed by atoms with Crippen LogP contribution < -0.4 is 0 Å². The summed E-state index contributed by atoms with van der Waals surface area (Å²) in [5.74, 6) is -1.08. The maximum absolute atomic E-state index is 13.4. The first-order chi connectivity index (χ1) is 16.4. The van der Waals surface area contributed by atoms with Gasteiger partial charge in [0.2, 0.25) is 0 Å².